The summed E-state index contributed by atoms with van der Waals surface area (Å²) in [6.45, 7) is 1.62. The molecule has 0 aliphatic heterocycles. The molecule has 1 fully saturated rings. The van der Waals surface area contributed by atoms with Gasteiger partial charge in [-0.25, -0.2) is 5.84 Å². The average Bonchev–Trinajstić information content (AvgIpc) is 2.17. The average molecular weight is 184 g/mol. The van der Waals surface area contributed by atoms with Crippen LogP contribution in [0.5, 0.6) is 0 Å². The zero-order valence-corrected chi connectivity index (χ0v) is 7.88. The Labute approximate surface area is 77.8 Å². The minimum Gasteiger partial charge on any atom is -0.300 e. The van der Waals surface area contributed by atoms with Crippen LogP contribution in [0.1, 0.15) is 32.6 Å². The van der Waals surface area contributed by atoms with Crippen molar-refractivity contribution in [2.24, 2.45) is 17.7 Å². The van der Waals surface area contributed by atoms with E-state index < -0.39 is 0 Å². The van der Waals surface area contributed by atoms with E-state index in [1.165, 1.54) is 0 Å². The van der Waals surface area contributed by atoms with Crippen molar-refractivity contribution in [1.82, 2.24) is 5.43 Å². The first-order chi connectivity index (χ1) is 6.15. The topological polar surface area (TPSA) is 72.2 Å². The van der Waals surface area contributed by atoms with Gasteiger partial charge in [0, 0.05) is 11.8 Å². The van der Waals surface area contributed by atoms with E-state index in [1.807, 2.05) is 0 Å². The van der Waals surface area contributed by atoms with Crippen molar-refractivity contribution in [1.29, 1.82) is 0 Å². The molecule has 4 nitrogen and oxygen atoms in total. The third kappa shape index (κ3) is 2.52. The molecule has 0 aromatic carbocycles. The van der Waals surface area contributed by atoms with Gasteiger partial charge in [-0.15, -0.1) is 0 Å². The summed E-state index contributed by atoms with van der Waals surface area (Å²) in [6.07, 6.45) is 3.22. The van der Waals surface area contributed by atoms with E-state index in [1.54, 1.807) is 6.92 Å². The second-order valence-corrected chi connectivity index (χ2v) is 3.67. The summed E-state index contributed by atoms with van der Waals surface area (Å²) in [5, 5.41) is 0. The standard InChI is InChI=1S/C9H16N2O2/c1-6(12)7-2-4-8(5-3-7)9(13)11-10/h7-8H,2-5,10H2,1H3,(H,11,13). The van der Waals surface area contributed by atoms with E-state index >= 15 is 0 Å². The lowest BCUT2D eigenvalue weighted by Gasteiger charge is -2.25. The fourth-order valence-electron chi connectivity index (χ4n) is 1.88. The van der Waals surface area contributed by atoms with E-state index in [4.69, 9.17) is 5.84 Å². The molecule has 0 aromatic heterocycles. The van der Waals surface area contributed by atoms with E-state index in [-0.39, 0.29) is 23.5 Å². The molecular weight excluding hydrogens is 168 g/mol. The third-order valence-corrected chi connectivity index (χ3v) is 2.82. The van der Waals surface area contributed by atoms with Gasteiger partial charge in [-0.3, -0.25) is 15.0 Å². The highest BCUT2D eigenvalue weighted by Gasteiger charge is 2.27. The van der Waals surface area contributed by atoms with Crippen LogP contribution in [0.2, 0.25) is 0 Å². The summed E-state index contributed by atoms with van der Waals surface area (Å²) in [4.78, 5) is 22.1. The normalized spacial score (nSPS) is 28.2. The quantitative estimate of drug-likeness (QED) is 0.370. The third-order valence-electron chi connectivity index (χ3n) is 2.82. The van der Waals surface area contributed by atoms with Crippen LogP contribution in [-0.4, -0.2) is 11.7 Å². The van der Waals surface area contributed by atoms with E-state index in [2.05, 4.69) is 5.43 Å². The number of hydrazine groups is 1. The second-order valence-electron chi connectivity index (χ2n) is 3.67. The number of nitrogens with two attached hydrogens (primary N) is 1. The smallest absolute Gasteiger partial charge is 0.236 e. The highest BCUT2D eigenvalue weighted by Crippen LogP contribution is 2.29. The molecule has 0 unspecified atom stereocenters. The Kier molecular flexibility index (Phi) is 3.42. The number of ketones is 1. The van der Waals surface area contributed by atoms with Crippen molar-refractivity contribution in [3.63, 3.8) is 0 Å². The lowest BCUT2D eigenvalue weighted by molar-refractivity contribution is -0.128. The maximum atomic E-state index is 11.1. The fourth-order valence-corrected chi connectivity index (χ4v) is 1.88. The monoisotopic (exact) mass is 184 g/mol. The van der Waals surface area contributed by atoms with Gasteiger partial charge in [0.25, 0.3) is 0 Å². The van der Waals surface area contributed by atoms with Crippen LogP contribution in [0.3, 0.4) is 0 Å². The Bertz CT molecular complexity index is 208. The first-order valence-corrected chi connectivity index (χ1v) is 4.66. The van der Waals surface area contributed by atoms with Crippen molar-refractivity contribution in [2.45, 2.75) is 32.6 Å². The number of carbonyl (C=O) groups is 2. The molecule has 0 saturated heterocycles. The first-order valence-electron chi connectivity index (χ1n) is 4.66. The molecule has 0 spiro atoms. The van der Waals surface area contributed by atoms with Crippen molar-refractivity contribution >= 4 is 11.7 Å². The lowest BCUT2D eigenvalue weighted by atomic mass is 9.80. The molecule has 4 heteroatoms. The van der Waals surface area contributed by atoms with Crippen molar-refractivity contribution in [2.75, 3.05) is 0 Å². The van der Waals surface area contributed by atoms with Crippen LogP contribution in [0.4, 0.5) is 0 Å². The van der Waals surface area contributed by atoms with E-state index in [9.17, 15) is 9.59 Å². The SMILES string of the molecule is CC(=O)C1CCC(C(=O)NN)CC1. The number of rotatable bonds is 2. The van der Waals surface area contributed by atoms with Crippen LogP contribution < -0.4 is 11.3 Å². The van der Waals surface area contributed by atoms with Crippen LogP contribution in [0.15, 0.2) is 0 Å². The Morgan fingerprint density at radius 2 is 1.62 bits per heavy atom. The molecule has 0 heterocycles. The number of amides is 1. The second kappa shape index (κ2) is 4.37. The molecule has 1 amide bonds. The van der Waals surface area contributed by atoms with E-state index in [0.29, 0.717) is 0 Å². The van der Waals surface area contributed by atoms with Crippen molar-refractivity contribution in [3.05, 3.63) is 0 Å². The molecule has 1 aliphatic rings. The molecular formula is C9H16N2O2. The van der Waals surface area contributed by atoms with Gasteiger partial charge < -0.3 is 0 Å². The number of hydrogen-bond acceptors (Lipinski definition) is 3. The molecule has 3 N–H and O–H groups in total. The zero-order valence-electron chi connectivity index (χ0n) is 7.88. The Morgan fingerprint density at radius 3 is 2.00 bits per heavy atom. The first kappa shape index (κ1) is 10.2. The Balaban J connectivity index is 2.39. The number of Topliss-reactive ketones (excluding diaryl/α,β-unsaturated/α-hetero) is 1. The van der Waals surface area contributed by atoms with Gasteiger partial charge in [-0.1, -0.05) is 0 Å². The predicted molar refractivity (Wildman–Crippen MR) is 48.5 cm³/mol. The van der Waals surface area contributed by atoms with Crippen LogP contribution >= 0.6 is 0 Å². The van der Waals surface area contributed by atoms with Gasteiger partial charge in [0.2, 0.25) is 5.91 Å². The minimum absolute atomic E-state index is 0.0144. The lowest BCUT2D eigenvalue weighted by Crippen LogP contribution is -2.38. The Morgan fingerprint density at radius 1 is 1.15 bits per heavy atom. The van der Waals surface area contributed by atoms with Crippen molar-refractivity contribution < 1.29 is 9.59 Å². The molecule has 0 radical (unpaired) electrons. The van der Waals surface area contributed by atoms with Gasteiger partial charge in [0.05, 0.1) is 0 Å². The summed E-state index contributed by atoms with van der Waals surface area (Å²) < 4.78 is 0. The zero-order chi connectivity index (χ0) is 9.84. The molecule has 1 aliphatic carbocycles. The van der Waals surface area contributed by atoms with E-state index in [0.717, 1.165) is 25.7 Å². The molecule has 1 saturated carbocycles. The molecule has 74 valence electrons. The van der Waals surface area contributed by atoms with Crippen molar-refractivity contribution in [3.8, 4) is 0 Å². The van der Waals surface area contributed by atoms with Gasteiger partial charge in [0.15, 0.2) is 0 Å². The number of hydrogen-bond donors (Lipinski definition) is 2. The van der Waals surface area contributed by atoms with Crippen LogP contribution in [0.25, 0.3) is 0 Å². The van der Waals surface area contributed by atoms with Crippen LogP contribution in [-0.2, 0) is 9.59 Å². The maximum absolute atomic E-state index is 11.1. The highest BCUT2D eigenvalue weighted by atomic mass is 16.2. The minimum atomic E-state index is -0.0954. The molecule has 0 atom stereocenters. The summed E-state index contributed by atoms with van der Waals surface area (Å²) in [6, 6.07) is 0. The molecule has 13 heavy (non-hydrogen) atoms. The molecule has 1 rings (SSSR count). The fraction of sp³-hybridized carbons (Fsp3) is 0.778. The predicted octanol–water partition coefficient (Wildman–Crippen LogP) is 0.372. The van der Waals surface area contributed by atoms with Gasteiger partial charge >= 0.3 is 0 Å². The highest BCUT2D eigenvalue weighted by molar-refractivity contribution is 5.80. The van der Waals surface area contributed by atoms with Gasteiger partial charge in [-0.05, 0) is 32.6 Å². The number of carbonyl (C=O) groups excluding carboxylic acids is 2. The number of nitrogens with one attached hydrogen (secondary N) is 1. The summed E-state index contributed by atoms with van der Waals surface area (Å²) in [5.41, 5.74) is 2.15. The summed E-state index contributed by atoms with van der Waals surface area (Å²) in [7, 11) is 0. The van der Waals surface area contributed by atoms with Gasteiger partial charge in [-0.2, -0.15) is 0 Å². The Hall–Kier alpha value is -0.900. The summed E-state index contributed by atoms with van der Waals surface area (Å²) in [5.74, 6) is 5.36. The largest absolute Gasteiger partial charge is 0.300 e. The van der Waals surface area contributed by atoms with Gasteiger partial charge in [0.1, 0.15) is 5.78 Å². The summed E-state index contributed by atoms with van der Waals surface area (Å²) >= 11 is 0. The van der Waals surface area contributed by atoms with Crippen LogP contribution in [0, 0.1) is 11.8 Å². The maximum Gasteiger partial charge on any atom is 0.236 e. The molecule has 0 bridgehead atoms. The molecule has 0 aromatic rings.